The highest BCUT2D eigenvalue weighted by atomic mass is 79.9. The number of rotatable bonds is 5. The zero-order valence-corrected chi connectivity index (χ0v) is 13.8. The normalized spacial score (nSPS) is 18.0. The fourth-order valence-electron chi connectivity index (χ4n) is 2.62. The molecule has 21 heavy (non-hydrogen) atoms. The lowest BCUT2D eigenvalue weighted by molar-refractivity contribution is 0.134. The van der Waals surface area contributed by atoms with E-state index < -0.39 is 21.3 Å². The Balaban J connectivity index is 2.21. The minimum absolute atomic E-state index is 0.0369. The van der Waals surface area contributed by atoms with Gasteiger partial charge in [0.15, 0.2) is 0 Å². The molecule has 1 fully saturated rings. The molecular formula is C13H18BrFN2O3S. The second-order valence-electron chi connectivity index (χ2n) is 5.49. The van der Waals surface area contributed by atoms with Crippen molar-refractivity contribution < 1.29 is 17.9 Å². The van der Waals surface area contributed by atoms with E-state index in [1.807, 2.05) is 0 Å². The van der Waals surface area contributed by atoms with Crippen LogP contribution >= 0.6 is 15.9 Å². The average Bonchev–Trinajstić information content (AvgIpc) is 2.90. The Morgan fingerprint density at radius 1 is 1.38 bits per heavy atom. The maximum absolute atomic E-state index is 13.3. The second-order valence-corrected chi connectivity index (χ2v) is 8.08. The van der Waals surface area contributed by atoms with E-state index in [2.05, 4.69) is 20.7 Å². The molecule has 0 atom stereocenters. The first-order valence-corrected chi connectivity index (χ1v) is 8.92. The summed E-state index contributed by atoms with van der Waals surface area (Å²) in [6.07, 6.45) is 3.53. The third kappa shape index (κ3) is 3.56. The molecule has 1 aromatic rings. The summed E-state index contributed by atoms with van der Waals surface area (Å²) in [7, 11) is -3.85. The van der Waals surface area contributed by atoms with Gasteiger partial charge in [-0.25, -0.2) is 17.5 Å². The number of anilines is 1. The van der Waals surface area contributed by atoms with Gasteiger partial charge in [0, 0.05) is 18.6 Å². The van der Waals surface area contributed by atoms with Gasteiger partial charge in [0.05, 0.1) is 10.2 Å². The molecule has 0 aliphatic heterocycles. The van der Waals surface area contributed by atoms with Crippen LogP contribution in [0.4, 0.5) is 10.1 Å². The fraction of sp³-hybridized carbons (Fsp3) is 0.538. The standard InChI is InChI=1S/C13H18BrFN2O3S/c14-9-5-12(11(16)6-10(9)15)21(19,20)17-7-13(8-18)3-1-2-4-13/h5-6,17-18H,1-4,7-8,16H2. The summed E-state index contributed by atoms with van der Waals surface area (Å²) < 4.78 is 40.5. The summed E-state index contributed by atoms with van der Waals surface area (Å²) in [4.78, 5) is -0.165. The molecule has 0 aromatic heterocycles. The molecule has 0 unspecified atom stereocenters. The van der Waals surface area contributed by atoms with Crippen molar-refractivity contribution in [2.75, 3.05) is 18.9 Å². The fourth-order valence-corrected chi connectivity index (χ4v) is 4.41. The maximum Gasteiger partial charge on any atom is 0.242 e. The largest absolute Gasteiger partial charge is 0.398 e. The van der Waals surface area contributed by atoms with Crippen LogP contribution in [0.1, 0.15) is 25.7 Å². The highest BCUT2D eigenvalue weighted by Gasteiger charge is 2.34. The van der Waals surface area contributed by atoms with Crippen LogP contribution in [0.5, 0.6) is 0 Å². The Bertz CT molecular complexity index is 631. The third-order valence-corrected chi connectivity index (χ3v) is 6.04. The van der Waals surface area contributed by atoms with Crippen molar-refractivity contribution in [3.63, 3.8) is 0 Å². The van der Waals surface area contributed by atoms with Crippen molar-refractivity contribution >= 4 is 31.6 Å². The van der Waals surface area contributed by atoms with E-state index in [0.29, 0.717) is 0 Å². The van der Waals surface area contributed by atoms with Crippen molar-refractivity contribution in [1.82, 2.24) is 4.72 Å². The lowest BCUT2D eigenvalue weighted by atomic mass is 9.88. The minimum atomic E-state index is -3.85. The van der Waals surface area contributed by atoms with Crippen LogP contribution in [0.15, 0.2) is 21.5 Å². The first-order valence-electron chi connectivity index (χ1n) is 6.65. The van der Waals surface area contributed by atoms with E-state index in [9.17, 15) is 17.9 Å². The first-order chi connectivity index (χ1) is 9.80. The molecule has 8 heteroatoms. The quantitative estimate of drug-likeness (QED) is 0.681. The molecule has 0 radical (unpaired) electrons. The molecule has 1 aliphatic rings. The van der Waals surface area contributed by atoms with Crippen LogP contribution in [-0.2, 0) is 10.0 Å². The summed E-state index contributed by atoms with van der Waals surface area (Å²) >= 11 is 2.95. The zero-order chi connectivity index (χ0) is 15.7. The highest BCUT2D eigenvalue weighted by Crippen LogP contribution is 2.37. The molecule has 4 N–H and O–H groups in total. The summed E-state index contributed by atoms with van der Waals surface area (Å²) in [5.74, 6) is -0.617. The van der Waals surface area contributed by atoms with Gasteiger partial charge in [-0.3, -0.25) is 0 Å². The van der Waals surface area contributed by atoms with E-state index in [-0.39, 0.29) is 28.2 Å². The SMILES string of the molecule is Nc1cc(F)c(Br)cc1S(=O)(=O)NCC1(CO)CCCC1. The highest BCUT2D eigenvalue weighted by molar-refractivity contribution is 9.10. The number of nitrogens with two attached hydrogens (primary N) is 1. The van der Waals surface area contributed by atoms with Crippen molar-refractivity contribution in [3.8, 4) is 0 Å². The number of halogens is 2. The van der Waals surface area contributed by atoms with E-state index in [4.69, 9.17) is 5.73 Å². The molecule has 0 saturated heterocycles. The number of hydrogen-bond donors (Lipinski definition) is 3. The van der Waals surface area contributed by atoms with Gasteiger partial charge < -0.3 is 10.8 Å². The summed E-state index contributed by atoms with van der Waals surface area (Å²) in [6.45, 7) is 0.0956. The summed E-state index contributed by atoms with van der Waals surface area (Å²) in [5, 5.41) is 9.50. The molecule has 0 bridgehead atoms. The predicted molar refractivity (Wildman–Crippen MR) is 81.7 cm³/mol. The molecule has 1 saturated carbocycles. The van der Waals surface area contributed by atoms with Crippen LogP contribution < -0.4 is 10.5 Å². The molecule has 2 rings (SSSR count). The van der Waals surface area contributed by atoms with Crippen LogP contribution in [0.25, 0.3) is 0 Å². The Labute approximate surface area is 131 Å². The zero-order valence-electron chi connectivity index (χ0n) is 11.4. The molecule has 1 aromatic carbocycles. The molecule has 5 nitrogen and oxygen atoms in total. The van der Waals surface area contributed by atoms with E-state index in [1.165, 1.54) is 0 Å². The summed E-state index contributed by atoms with van der Waals surface area (Å²) in [5.41, 5.74) is 5.05. The monoisotopic (exact) mass is 380 g/mol. The second kappa shape index (κ2) is 6.20. The van der Waals surface area contributed by atoms with Crippen LogP contribution in [-0.4, -0.2) is 26.7 Å². The number of aliphatic hydroxyl groups is 1. The van der Waals surface area contributed by atoms with Gasteiger partial charge >= 0.3 is 0 Å². The van der Waals surface area contributed by atoms with Gasteiger partial charge in [-0.2, -0.15) is 0 Å². The smallest absolute Gasteiger partial charge is 0.242 e. The van der Waals surface area contributed by atoms with Gasteiger partial charge in [0.25, 0.3) is 0 Å². The third-order valence-electron chi connectivity index (χ3n) is 3.98. The maximum atomic E-state index is 13.3. The van der Waals surface area contributed by atoms with Crippen LogP contribution in [0.3, 0.4) is 0 Å². The first kappa shape index (κ1) is 16.7. The van der Waals surface area contributed by atoms with E-state index >= 15 is 0 Å². The Morgan fingerprint density at radius 2 is 2.00 bits per heavy atom. The Hall–Kier alpha value is -0.700. The van der Waals surface area contributed by atoms with Gasteiger partial charge in [0.2, 0.25) is 10.0 Å². The van der Waals surface area contributed by atoms with Crippen molar-refractivity contribution in [1.29, 1.82) is 0 Å². The minimum Gasteiger partial charge on any atom is -0.398 e. The Morgan fingerprint density at radius 3 is 2.57 bits per heavy atom. The van der Waals surface area contributed by atoms with Crippen LogP contribution in [0.2, 0.25) is 0 Å². The van der Waals surface area contributed by atoms with E-state index in [1.54, 1.807) is 0 Å². The molecule has 118 valence electrons. The molecule has 0 amide bonds. The number of hydrogen-bond acceptors (Lipinski definition) is 4. The average molecular weight is 381 g/mol. The number of benzene rings is 1. The topological polar surface area (TPSA) is 92.4 Å². The lowest BCUT2D eigenvalue weighted by Crippen LogP contribution is -2.38. The van der Waals surface area contributed by atoms with Gasteiger partial charge in [0.1, 0.15) is 10.7 Å². The Kier molecular flexibility index (Phi) is 4.92. The van der Waals surface area contributed by atoms with Gasteiger partial charge in [-0.1, -0.05) is 12.8 Å². The van der Waals surface area contributed by atoms with Gasteiger partial charge in [-0.15, -0.1) is 0 Å². The molecular weight excluding hydrogens is 363 g/mol. The molecule has 0 spiro atoms. The van der Waals surface area contributed by atoms with Crippen molar-refractivity contribution in [3.05, 3.63) is 22.4 Å². The van der Waals surface area contributed by atoms with Crippen molar-refractivity contribution in [2.24, 2.45) is 5.41 Å². The number of nitrogen functional groups attached to an aromatic ring is 1. The van der Waals surface area contributed by atoms with Crippen LogP contribution in [0, 0.1) is 11.2 Å². The molecule has 1 aliphatic carbocycles. The van der Waals surface area contributed by atoms with Crippen molar-refractivity contribution in [2.45, 2.75) is 30.6 Å². The number of aliphatic hydroxyl groups excluding tert-OH is 1. The van der Waals surface area contributed by atoms with Gasteiger partial charge in [-0.05, 0) is 40.9 Å². The van der Waals surface area contributed by atoms with E-state index in [0.717, 1.165) is 37.8 Å². The number of sulfonamides is 1. The lowest BCUT2D eigenvalue weighted by Gasteiger charge is -2.26. The summed E-state index contributed by atoms with van der Waals surface area (Å²) in [6, 6.07) is 2.11. The number of nitrogens with one attached hydrogen (secondary N) is 1. The molecule has 0 heterocycles. The predicted octanol–water partition coefficient (Wildman–Crippen LogP) is 2.00.